The van der Waals surface area contributed by atoms with Gasteiger partial charge in [-0.1, -0.05) is 28.9 Å². The smallest absolute Gasteiger partial charge is 0.271 e. The number of anilines is 1. The third-order valence-electron chi connectivity index (χ3n) is 3.22. The van der Waals surface area contributed by atoms with Gasteiger partial charge in [0.1, 0.15) is 5.71 Å². The van der Waals surface area contributed by atoms with Crippen molar-refractivity contribution in [1.82, 2.24) is 5.43 Å². The van der Waals surface area contributed by atoms with Gasteiger partial charge in [0.05, 0.1) is 6.21 Å². The van der Waals surface area contributed by atoms with Crippen LogP contribution < -0.4 is 10.3 Å². The van der Waals surface area contributed by atoms with Crippen molar-refractivity contribution in [2.45, 2.75) is 0 Å². The zero-order valence-electron chi connectivity index (χ0n) is 13.3. The van der Waals surface area contributed by atoms with Gasteiger partial charge in [-0.05, 0) is 36.4 Å². The largest absolute Gasteiger partial charge is 0.411 e. The molecule has 2 aromatic carbocycles. The maximum Gasteiger partial charge on any atom is 0.271 e. The Balaban J connectivity index is 2.17. The van der Waals surface area contributed by atoms with Gasteiger partial charge in [-0.15, -0.1) is 0 Å². The zero-order chi connectivity index (χ0) is 17.5. The summed E-state index contributed by atoms with van der Waals surface area (Å²) >= 11 is 5.93. The highest BCUT2D eigenvalue weighted by atomic mass is 35.5. The van der Waals surface area contributed by atoms with Gasteiger partial charge in [-0.25, -0.2) is 5.43 Å². The number of nitrogens with zero attached hydrogens (tertiary/aromatic N) is 3. The van der Waals surface area contributed by atoms with Crippen LogP contribution in [0.25, 0.3) is 0 Å². The van der Waals surface area contributed by atoms with E-state index < -0.39 is 0 Å². The summed E-state index contributed by atoms with van der Waals surface area (Å²) in [6.45, 7) is 0. The number of hydrogen-bond acceptors (Lipinski definition) is 5. The van der Waals surface area contributed by atoms with Crippen molar-refractivity contribution in [1.29, 1.82) is 0 Å². The van der Waals surface area contributed by atoms with Gasteiger partial charge in [0.2, 0.25) is 0 Å². The molecule has 0 aliphatic rings. The predicted molar refractivity (Wildman–Crippen MR) is 96.5 cm³/mol. The summed E-state index contributed by atoms with van der Waals surface area (Å²) < 4.78 is 0. The molecule has 2 N–H and O–H groups in total. The Bertz CT molecular complexity index is 770. The van der Waals surface area contributed by atoms with E-state index >= 15 is 0 Å². The van der Waals surface area contributed by atoms with Crippen molar-refractivity contribution in [2.24, 2.45) is 10.3 Å². The monoisotopic (exact) mass is 344 g/mol. The van der Waals surface area contributed by atoms with Gasteiger partial charge in [-0.2, -0.15) is 5.10 Å². The molecule has 7 heteroatoms. The van der Waals surface area contributed by atoms with Crippen molar-refractivity contribution in [3.8, 4) is 0 Å². The van der Waals surface area contributed by atoms with E-state index in [-0.39, 0.29) is 11.6 Å². The fourth-order valence-electron chi connectivity index (χ4n) is 1.96. The summed E-state index contributed by atoms with van der Waals surface area (Å²) in [5, 5.41) is 16.2. The molecule has 0 fully saturated rings. The van der Waals surface area contributed by atoms with Crippen LogP contribution in [0.15, 0.2) is 58.8 Å². The molecular formula is C17H17ClN4O2. The summed E-state index contributed by atoms with van der Waals surface area (Å²) in [6, 6.07) is 13.9. The molecule has 0 bridgehead atoms. The SMILES string of the molecule is CN(C)c1ccc(C(=O)NN=C(C=NO)c2cccc(Cl)c2)cc1. The van der Waals surface area contributed by atoms with Crippen LogP contribution in [0.4, 0.5) is 5.69 Å². The minimum absolute atomic E-state index is 0.276. The number of nitrogens with one attached hydrogen (secondary N) is 1. The lowest BCUT2D eigenvalue weighted by atomic mass is 10.1. The van der Waals surface area contributed by atoms with Crippen LogP contribution in [-0.4, -0.2) is 37.1 Å². The molecule has 0 unspecified atom stereocenters. The molecule has 0 heterocycles. The average Bonchev–Trinajstić information content (AvgIpc) is 2.58. The number of hydrazone groups is 1. The minimum atomic E-state index is -0.369. The Morgan fingerprint density at radius 2 is 1.88 bits per heavy atom. The molecule has 0 radical (unpaired) electrons. The van der Waals surface area contributed by atoms with Gasteiger partial charge in [-0.3, -0.25) is 4.79 Å². The summed E-state index contributed by atoms with van der Waals surface area (Å²) in [7, 11) is 3.84. The van der Waals surface area contributed by atoms with E-state index in [2.05, 4.69) is 15.7 Å². The third-order valence-corrected chi connectivity index (χ3v) is 3.46. The molecule has 0 aliphatic heterocycles. The first-order chi connectivity index (χ1) is 11.5. The van der Waals surface area contributed by atoms with Crippen molar-refractivity contribution >= 4 is 35.1 Å². The lowest BCUT2D eigenvalue weighted by molar-refractivity contribution is 0.0955. The van der Waals surface area contributed by atoms with Crippen molar-refractivity contribution < 1.29 is 10.0 Å². The molecular weight excluding hydrogens is 328 g/mol. The average molecular weight is 345 g/mol. The van der Waals surface area contributed by atoms with E-state index in [0.29, 0.717) is 16.1 Å². The van der Waals surface area contributed by atoms with Crippen LogP contribution in [0, 0.1) is 0 Å². The lowest BCUT2D eigenvalue weighted by Crippen LogP contribution is -2.21. The Morgan fingerprint density at radius 1 is 1.17 bits per heavy atom. The Labute approximate surface area is 145 Å². The molecule has 0 saturated carbocycles. The van der Waals surface area contributed by atoms with Crippen molar-refractivity contribution in [2.75, 3.05) is 19.0 Å². The normalized spacial score (nSPS) is 11.5. The van der Waals surface area contributed by atoms with Gasteiger partial charge in [0.15, 0.2) is 0 Å². The van der Waals surface area contributed by atoms with Gasteiger partial charge < -0.3 is 10.1 Å². The first-order valence-corrected chi connectivity index (χ1v) is 7.48. The van der Waals surface area contributed by atoms with Gasteiger partial charge >= 0.3 is 0 Å². The molecule has 1 amide bonds. The number of oxime groups is 1. The van der Waals surface area contributed by atoms with E-state index in [4.69, 9.17) is 16.8 Å². The molecule has 0 aliphatic carbocycles. The number of halogens is 1. The van der Waals surface area contributed by atoms with E-state index in [9.17, 15) is 4.79 Å². The zero-order valence-corrected chi connectivity index (χ0v) is 14.0. The van der Waals surface area contributed by atoms with Gasteiger partial charge in [0, 0.05) is 35.9 Å². The van der Waals surface area contributed by atoms with Crippen LogP contribution in [0.5, 0.6) is 0 Å². The van der Waals surface area contributed by atoms with Crippen molar-refractivity contribution in [3.05, 3.63) is 64.7 Å². The quantitative estimate of drug-likeness (QED) is 0.497. The van der Waals surface area contributed by atoms with E-state index in [0.717, 1.165) is 11.9 Å². The lowest BCUT2D eigenvalue weighted by Gasteiger charge is -2.12. The molecule has 0 saturated heterocycles. The number of benzene rings is 2. The van der Waals surface area contributed by atoms with Crippen LogP contribution >= 0.6 is 11.6 Å². The van der Waals surface area contributed by atoms with Crippen LogP contribution in [0.2, 0.25) is 5.02 Å². The molecule has 24 heavy (non-hydrogen) atoms. The number of amides is 1. The van der Waals surface area contributed by atoms with E-state index in [1.807, 2.05) is 31.1 Å². The Kier molecular flexibility index (Phi) is 5.92. The maximum absolute atomic E-state index is 12.2. The molecule has 124 valence electrons. The summed E-state index contributed by atoms with van der Waals surface area (Å²) in [6.07, 6.45) is 1.13. The number of carbonyl (C=O) groups excluding carboxylic acids is 1. The predicted octanol–water partition coefficient (Wildman–Crippen LogP) is 3.00. The van der Waals surface area contributed by atoms with Crippen LogP contribution in [-0.2, 0) is 0 Å². The van der Waals surface area contributed by atoms with Crippen molar-refractivity contribution in [3.63, 3.8) is 0 Å². The highest BCUT2D eigenvalue weighted by Gasteiger charge is 2.07. The minimum Gasteiger partial charge on any atom is -0.411 e. The summed E-state index contributed by atoms with van der Waals surface area (Å²) in [4.78, 5) is 14.1. The maximum atomic E-state index is 12.2. The first-order valence-electron chi connectivity index (χ1n) is 7.10. The Hall–Kier alpha value is -2.86. The molecule has 0 aromatic heterocycles. The second-order valence-corrected chi connectivity index (χ2v) is 5.57. The molecule has 2 aromatic rings. The molecule has 0 atom stereocenters. The van der Waals surface area contributed by atoms with E-state index in [1.165, 1.54) is 0 Å². The Morgan fingerprint density at radius 3 is 2.46 bits per heavy atom. The standard InChI is InChI=1S/C17H17ClN4O2/c1-22(2)15-8-6-12(7-9-15)17(23)21-20-16(11-19-24)13-4-3-5-14(18)10-13/h3-11,24H,1-2H3,(H,21,23). The number of hydrogen-bond donors (Lipinski definition) is 2. The van der Waals surface area contributed by atoms with Crippen LogP contribution in [0.1, 0.15) is 15.9 Å². The first kappa shape index (κ1) is 17.5. The summed E-state index contributed by atoms with van der Waals surface area (Å²) in [5.74, 6) is -0.369. The number of rotatable bonds is 5. The topological polar surface area (TPSA) is 77.3 Å². The van der Waals surface area contributed by atoms with Crippen LogP contribution in [0.3, 0.4) is 0 Å². The second-order valence-electron chi connectivity index (χ2n) is 5.13. The van der Waals surface area contributed by atoms with Gasteiger partial charge in [0.25, 0.3) is 5.91 Å². The highest BCUT2D eigenvalue weighted by Crippen LogP contribution is 2.13. The molecule has 0 spiro atoms. The van der Waals surface area contributed by atoms with E-state index in [1.54, 1.807) is 36.4 Å². The fourth-order valence-corrected chi connectivity index (χ4v) is 2.15. The highest BCUT2D eigenvalue weighted by molar-refractivity contribution is 6.39. The fraction of sp³-hybridized carbons (Fsp3) is 0.118. The second kappa shape index (κ2) is 8.12. The summed E-state index contributed by atoms with van der Waals surface area (Å²) in [5.41, 5.74) is 4.79. The molecule has 2 rings (SSSR count). The molecule has 6 nitrogen and oxygen atoms in total. The number of carbonyl (C=O) groups is 1. The third kappa shape index (κ3) is 4.57.